The zero-order valence-electron chi connectivity index (χ0n) is 6.12. The lowest BCUT2D eigenvalue weighted by Crippen LogP contribution is -2.42. The Morgan fingerprint density at radius 1 is 1.45 bits per heavy atom. The molecular formula is C4H8N4O3. The van der Waals surface area contributed by atoms with Gasteiger partial charge in [-0.15, -0.1) is 4.91 Å². The van der Waals surface area contributed by atoms with E-state index in [-0.39, 0.29) is 0 Å². The molecule has 11 heavy (non-hydrogen) atoms. The summed E-state index contributed by atoms with van der Waals surface area (Å²) < 4.78 is 0. The van der Waals surface area contributed by atoms with Crippen molar-refractivity contribution < 1.29 is 9.59 Å². The van der Waals surface area contributed by atoms with Gasteiger partial charge in [-0.1, -0.05) is 0 Å². The number of carbonyl (C=O) groups is 2. The molecule has 7 heteroatoms. The van der Waals surface area contributed by atoms with Crippen LogP contribution in [0.1, 0.15) is 0 Å². The molecule has 0 unspecified atom stereocenters. The van der Waals surface area contributed by atoms with Crippen molar-refractivity contribution in [2.45, 2.75) is 0 Å². The van der Waals surface area contributed by atoms with E-state index in [2.05, 4.69) is 10.6 Å². The molecule has 0 spiro atoms. The van der Waals surface area contributed by atoms with Gasteiger partial charge in [-0.2, -0.15) is 5.01 Å². The molecule has 0 aliphatic rings. The van der Waals surface area contributed by atoms with Crippen molar-refractivity contribution in [1.82, 2.24) is 15.6 Å². The fourth-order valence-corrected chi connectivity index (χ4v) is 0.278. The maximum absolute atomic E-state index is 10.6. The van der Waals surface area contributed by atoms with E-state index in [1.165, 1.54) is 7.05 Å². The van der Waals surface area contributed by atoms with E-state index in [1.807, 2.05) is 5.32 Å². The molecule has 0 atom stereocenters. The predicted molar refractivity (Wildman–Crippen MR) is 36.5 cm³/mol. The Balaban J connectivity index is 3.87. The highest BCUT2D eigenvalue weighted by molar-refractivity contribution is 5.92. The standard InChI is InChI=1S/C4H8N4O3/c1-5-3(9)6-4(10)8(2)7-11/h1-2H3,(H2,5,6,9,10). The van der Waals surface area contributed by atoms with Gasteiger partial charge < -0.3 is 5.32 Å². The lowest BCUT2D eigenvalue weighted by atomic mass is 10.8. The maximum Gasteiger partial charge on any atom is 0.348 e. The zero-order chi connectivity index (χ0) is 8.85. The van der Waals surface area contributed by atoms with Crippen molar-refractivity contribution in [3.8, 4) is 0 Å². The van der Waals surface area contributed by atoms with E-state index >= 15 is 0 Å². The summed E-state index contributed by atoms with van der Waals surface area (Å²) in [7, 11) is 2.47. The van der Waals surface area contributed by atoms with Crippen LogP contribution in [0.5, 0.6) is 0 Å². The minimum absolute atomic E-state index is 0.467. The number of nitrogens with one attached hydrogen (secondary N) is 2. The summed E-state index contributed by atoms with van der Waals surface area (Å²) >= 11 is 0. The fraction of sp³-hybridized carbons (Fsp3) is 0.500. The van der Waals surface area contributed by atoms with Crippen LogP contribution in [0, 0.1) is 4.91 Å². The largest absolute Gasteiger partial charge is 0.348 e. The third-order valence-electron chi connectivity index (χ3n) is 0.864. The molecule has 0 rings (SSSR count). The second-order valence-electron chi connectivity index (χ2n) is 1.61. The highest BCUT2D eigenvalue weighted by Gasteiger charge is 2.10. The summed E-state index contributed by atoms with van der Waals surface area (Å²) in [5.41, 5.74) is 0. The average Bonchev–Trinajstić information content (AvgIpc) is 2.02. The van der Waals surface area contributed by atoms with Crippen molar-refractivity contribution >= 4 is 12.1 Å². The third-order valence-corrected chi connectivity index (χ3v) is 0.864. The minimum Gasteiger partial charge on any atom is -0.341 e. The second-order valence-corrected chi connectivity index (χ2v) is 1.61. The summed E-state index contributed by atoms with van der Waals surface area (Å²) in [6, 6.07) is -1.56. The molecule has 2 N–H and O–H groups in total. The van der Waals surface area contributed by atoms with Gasteiger partial charge >= 0.3 is 12.1 Å². The molecule has 0 saturated carbocycles. The molecule has 0 aromatic rings. The summed E-state index contributed by atoms with van der Waals surface area (Å²) in [5, 5.41) is 6.69. The lowest BCUT2D eigenvalue weighted by molar-refractivity contribution is 0.205. The number of hydrogen-bond donors (Lipinski definition) is 2. The molecule has 0 aromatic heterocycles. The van der Waals surface area contributed by atoms with E-state index in [4.69, 9.17) is 0 Å². The number of amides is 4. The van der Waals surface area contributed by atoms with Gasteiger partial charge in [0.05, 0.1) is 5.29 Å². The molecule has 0 saturated heterocycles. The van der Waals surface area contributed by atoms with Gasteiger partial charge in [0.25, 0.3) is 0 Å². The Kier molecular flexibility index (Phi) is 3.57. The van der Waals surface area contributed by atoms with Crippen LogP contribution in [0.4, 0.5) is 9.59 Å². The Labute approximate surface area is 62.7 Å². The van der Waals surface area contributed by atoms with Gasteiger partial charge in [0.1, 0.15) is 0 Å². The Hall–Kier alpha value is -1.66. The number of nitrogens with zero attached hydrogens (tertiary/aromatic N) is 2. The first-order chi connectivity index (χ1) is 5.11. The lowest BCUT2D eigenvalue weighted by Gasteiger charge is -2.06. The highest BCUT2D eigenvalue weighted by Crippen LogP contribution is 1.82. The minimum atomic E-state index is -0.876. The summed E-state index contributed by atoms with van der Waals surface area (Å²) in [6.07, 6.45) is 0. The van der Waals surface area contributed by atoms with E-state index in [0.717, 1.165) is 7.05 Å². The number of hydrogen-bond acceptors (Lipinski definition) is 4. The molecule has 0 fully saturated rings. The number of imide groups is 1. The van der Waals surface area contributed by atoms with Crippen LogP contribution in [-0.2, 0) is 0 Å². The van der Waals surface area contributed by atoms with Crippen molar-refractivity contribution in [3.05, 3.63) is 4.91 Å². The van der Waals surface area contributed by atoms with Crippen LogP contribution in [0.2, 0.25) is 0 Å². The van der Waals surface area contributed by atoms with Crippen LogP contribution in [0.25, 0.3) is 0 Å². The van der Waals surface area contributed by atoms with E-state index in [1.54, 1.807) is 0 Å². The maximum atomic E-state index is 10.6. The van der Waals surface area contributed by atoms with E-state index in [9.17, 15) is 14.5 Å². The molecule has 0 bridgehead atoms. The number of nitroso groups, excluding NO2 is 1. The Morgan fingerprint density at radius 2 is 2.00 bits per heavy atom. The molecule has 0 heterocycles. The van der Waals surface area contributed by atoms with E-state index < -0.39 is 12.1 Å². The first-order valence-electron chi connectivity index (χ1n) is 2.71. The summed E-state index contributed by atoms with van der Waals surface area (Å²) in [5.74, 6) is 0. The third kappa shape index (κ3) is 3.14. The normalized spacial score (nSPS) is 8.18. The fourth-order valence-electron chi connectivity index (χ4n) is 0.278. The van der Waals surface area contributed by atoms with Crippen LogP contribution in [0.15, 0.2) is 5.29 Å². The Morgan fingerprint density at radius 3 is 2.36 bits per heavy atom. The molecule has 7 nitrogen and oxygen atoms in total. The predicted octanol–water partition coefficient (Wildman–Crippen LogP) is -0.351. The molecule has 0 aliphatic heterocycles. The van der Waals surface area contributed by atoms with Gasteiger partial charge in [0, 0.05) is 14.1 Å². The smallest absolute Gasteiger partial charge is 0.341 e. The van der Waals surface area contributed by atoms with Crippen molar-refractivity contribution in [2.24, 2.45) is 5.29 Å². The number of rotatable bonds is 1. The zero-order valence-corrected chi connectivity index (χ0v) is 6.12. The molecule has 4 amide bonds. The van der Waals surface area contributed by atoms with Crippen molar-refractivity contribution in [3.63, 3.8) is 0 Å². The van der Waals surface area contributed by atoms with Gasteiger partial charge in [-0.05, 0) is 0 Å². The summed E-state index contributed by atoms with van der Waals surface area (Å²) in [6.45, 7) is 0. The van der Waals surface area contributed by atoms with Gasteiger partial charge in [0.15, 0.2) is 0 Å². The SMILES string of the molecule is CNC(=O)NC(=O)N(C)N=O. The molecule has 0 aliphatic carbocycles. The summed E-state index contributed by atoms with van der Waals surface area (Å²) in [4.78, 5) is 30.7. The highest BCUT2D eigenvalue weighted by atomic mass is 16.3. The molecular weight excluding hydrogens is 152 g/mol. The Bertz CT molecular complexity index is 180. The average molecular weight is 160 g/mol. The van der Waals surface area contributed by atoms with Gasteiger partial charge in [-0.25, -0.2) is 9.59 Å². The first-order valence-corrected chi connectivity index (χ1v) is 2.71. The topological polar surface area (TPSA) is 90.9 Å². The number of urea groups is 2. The van der Waals surface area contributed by atoms with Crippen molar-refractivity contribution in [2.75, 3.05) is 14.1 Å². The van der Waals surface area contributed by atoms with E-state index in [0.29, 0.717) is 5.01 Å². The van der Waals surface area contributed by atoms with Crippen LogP contribution in [-0.4, -0.2) is 31.2 Å². The van der Waals surface area contributed by atoms with Gasteiger partial charge in [-0.3, -0.25) is 5.32 Å². The quantitative estimate of drug-likeness (QED) is 0.405. The second kappa shape index (κ2) is 4.20. The first kappa shape index (κ1) is 9.34. The van der Waals surface area contributed by atoms with Crippen molar-refractivity contribution in [1.29, 1.82) is 0 Å². The monoisotopic (exact) mass is 160 g/mol. The van der Waals surface area contributed by atoms with Gasteiger partial charge in [0.2, 0.25) is 0 Å². The van der Waals surface area contributed by atoms with Crippen LogP contribution < -0.4 is 10.6 Å². The van der Waals surface area contributed by atoms with Crippen LogP contribution >= 0.6 is 0 Å². The van der Waals surface area contributed by atoms with Crippen LogP contribution in [0.3, 0.4) is 0 Å². The molecule has 62 valence electrons. The molecule has 0 aromatic carbocycles. The number of carbonyl (C=O) groups excluding carboxylic acids is 2. The molecule has 0 radical (unpaired) electrons.